The lowest BCUT2D eigenvalue weighted by Crippen LogP contribution is -2.03. The van der Waals surface area contributed by atoms with E-state index in [-0.39, 0.29) is 5.56 Å². The van der Waals surface area contributed by atoms with Crippen LogP contribution in [0.2, 0.25) is 0 Å². The third-order valence-corrected chi connectivity index (χ3v) is 3.24. The summed E-state index contributed by atoms with van der Waals surface area (Å²) in [6, 6.07) is 1.91. The van der Waals surface area contributed by atoms with Gasteiger partial charge in [0.1, 0.15) is 0 Å². The van der Waals surface area contributed by atoms with Gasteiger partial charge in [-0.2, -0.15) is 5.10 Å². The Labute approximate surface area is 126 Å². The summed E-state index contributed by atoms with van der Waals surface area (Å²) >= 11 is 0. The Morgan fingerprint density at radius 2 is 1.95 bits per heavy atom. The molecule has 0 spiro atoms. The van der Waals surface area contributed by atoms with Crippen molar-refractivity contribution in [2.45, 2.75) is 0 Å². The van der Waals surface area contributed by atoms with Crippen LogP contribution < -0.4 is 0 Å². The van der Waals surface area contributed by atoms with E-state index in [1.54, 1.807) is 30.8 Å². The van der Waals surface area contributed by atoms with Gasteiger partial charge >= 0.3 is 5.97 Å². The zero-order valence-corrected chi connectivity index (χ0v) is 11.6. The average molecular weight is 291 g/mol. The highest BCUT2D eigenvalue weighted by atomic mass is 16.4. The highest BCUT2D eigenvalue weighted by Gasteiger charge is 2.17. The van der Waals surface area contributed by atoms with Gasteiger partial charge in [-0.3, -0.25) is 10.1 Å². The Morgan fingerprint density at radius 1 is 1.09 bits per heavy atom. The number of fused-ring (bicyclic) bond motifs is 2. The number of hydrogen-bond acceptors (Lipinski definition) is 3. The number of benzene rings is 1. The van der Waals surface area contributed by atoms with Crippen LogP contribution in [0.4, 0.5) is 0 Å². The number of aliphatic imine (C=N–C) groups is 1. The number of H-pyrrole nitrogens is 1. The third kappa shape index (κ3) is 2.64. The number of carboxylic acid groups (broad SMARTS) is 1. The van der Waals surface area contributed by atoms with Gasteiger partial charge in [-0.15, -0.1) is 0 Å². The molecule has 5 nitrogen and oxygen atoms in total. The monoisotopic (exact) mass is 291 g/mol. The number of carboxylic acids is 1. The third-order valence-electron chi connectivity index (χ3n) is 3.24. The van der Waals surface area contributed by atoms with E-state index in [2.05, 4.69) is 15.2 Å². The van der Waals surface area contributed by atoms with Crippen molar-refractivity contribution in [3.05, 3.63) is 65.5 Å². The maximum Gasteiger partial charge on any atom is 0.338 e. The molecule has 0 aliphatic carbocycles. The van der Waals surface area contributed by atoms with E-state index >= 15 is 0 Å². The van der Waals surface area contributed by atoms with Crippen molar-refractivity contribution < 1.29 is 9.90 Å². The average Bonchev–Trinajstić information content (AvgIpc) is 2.94. The Kier molecular flexibility index (Phi) is 3.78. The maximum absolute atomic E-state index is 11.7. The minimum Gasteiger partial charge on any atom is -0.478 e. The number of nitrogens with zero attached hydrogens (tertiary/aromatic N) is 2. The molecule has 0 radical (unpaired) electrons. The molecule has 0 saturated carbocycles. The van der Waals surface area contributed by atoms with Crippen LogP contribution in [-0.4, -0.2) is 27.5 Å². The molecule has 1 aliphatic heterocycles. The molecular formula is C17H13N3O2. The molecule has 3 rings (SSSR count). The molecule has 1 aromatic heterocycles. The fraction of sp³-hybridized carbons (Fsp3) is 0. The lowest BCUT2D eigenvalue weighted by atomic mass is 9.97. The van der Waals surface area contributed by atoms with Gasteiger partial charge < -0.3 is 5.11 Å². The van der Waals surface area contributed by atoms with Crippen LogP contribution in [-0.2, 0) is 0 Å². The number of hydrogen-bond donors (Lipinski definition) is 2. The molecule has 0 amide bonds. The number of aromatic nitrogens is 2. The Bertz CT molecular complexity index is 867. The molecule has 22 heavy (non-hydrogen) atoms. The van der Waals surface area contributed by atoms with Crippen LogP contribution in [0, 0.1) is 0 Å². The zero-order valence-electron chi connectivity index (χ0n) is 11.6. The van der Waals surface area contributed by atoms with Crippen molar-refractivity contribution in [1.29, 1.82) is 0 Å². The van der Waals surface area contributed by atoms with Crippen LogP contribution in [0.5, 0.6) is 0 Å². The zero-order chi connectivity index (χ0) is 15.4. The summed E-state index contributed by atoms with van der Waals surface area (Å²) in [6.45, 7) is 0. The largest absolute Gasteiger partial charge is 0.478 e. The van der Waals surface area contributed by atoms with Gasteiger partial charge in [0, 0.05) is 17.8 Å². The highest BCUT2D eigenvalue weighted by molar-refractivity contribution is 6.07. The summed E-state index contributed by atoms with van der Waals surface area (Å²) in [5.41, 5.74) is 2.15. The van der Waals surface area contributed by atoms with E-state index in [0.717, 1.165) is 10.9 Å². The first-order valence-electron chi connectivity index (χ1n) is 6.70. The second-order valence-electron chi connectivity index (χ2n) is 4.64. The topological polar surface area (TPSA) is 78.3 Å². The number of allylic oxidation sites excluding steroid dienone is 5. The fourth-order valence-corrected chi connectivity index (χ4v) is 2.29. The highest BCUT2D eigenvalue weighted by Crippen LogP contribution is 2.27. The van der Waals surface area contributed by atoms with Gasteiger partial charge in [-0.1, -0.05) is 30.4 Å². The smallest absolute Gasteiger partial charge is 0.338 e. The minimum atomic E-state index is -0.997. The standard InChI is InChI=1S/C17H13N3O2/c21-17(22)15-14-7-5-9-18-8-4-2-1-3-6-12(14)10-13-11-19-20-16(13)15/h1-11H,(H,19,20)(H,21,22). The van der Waals surface area contributed by atoms with Crippen molar-refractivity contribution >= 4 is 35.2 Å². The maximum atomic E-state index is 11.7. The van der Waals surface area contributed by atoms with E-state index in [0.29, 0.717) is 11.1 Å². The summed E-state index contributed by atoms with van der Waals surface area (Å²) in [5, 5.41) is 17.0. The summed E-state index contributed by atoms with van der Waals surface area (Å²) in [6.07, 6.45) is 17.6. The van der Waals surface area contributed by atoms with Gasteiger partial charge in [0.25, 0.3) is 0 Å². The Morgan fingerprint density at radius 3 is 2.82 bits per heavy atom. The van der Waals surface area contributed by atoms with Crippen molar-refractivity contribution in [3.8, 4) is 0 Å². The van der Waals surface area contributed by atoms with E-state index in [4.69, 9.17) is 0 Å². The summed E-state index contributed by atoms with van der Waals surface area (Å²) in [7, 11) is 0. The van der Waals surface area contributed by atoms with Gasteiger partial charge in [-0.05, 0) is 29.3 Å². The van der Waals surface area contributed by atoms with E-state index < -0.39 is 5.97 Å². The summed E-state index contributed by atoms with van der Waals surface area (Å²) < 4.78 is 0. The Hall–Kier alpha value is -3.21. The number of aromatic carboxylic acids is 1. The summed E-state index contributed by atoms with van der Waals surface area (Å²) in [4.78, 5) is 15.8. The quantitative estimate of drug-likeness (QED) is 0.844. The summed E-state index contributed by atoms with van der Waals surface area (Å²) in [5.74, 6) is -0.997. The van der Waals surface area contributed by atoms with Crippen LogP contribution in [0.1, 0.15) is 21.5 Å². The molecule has 5 heteroatoms. The molecule has 0 atom stereocenters. The number of aromatic amines is 1. The van der Waals surface area contributed by atoms with Crippen LogP contribution in [0.3, 0.4) is 0 Å². The second-order valence-corrected chi connectivity index (χ2v) is 4.64. The van der Waals surface area contributed by atoms with Crippen LogP contribution in [0.15, 0.2) is 53.8 Å². The van der Waals surface area contributed by atoms with Crippen molar-refractivity contribution in [1.82, 2.24) is 10.2 Å². The van der Waals surface area contributed by atoms with Crippen molar-refractivity contribution in [2.24, 2.45) is 4.99 Å². The molecule has 0 bridgehead atoms. The van der Waals surface area contributed by atoms with Gasteiger partial charge in [-0.25, -0.2) is 4.79 Å². The lowest BCUT2D eigenvalue weighted by Gasteiger charge is -2.07. The van der Waals surface area contributed by atoms with Crippen LogP contribution >= 0.6 is 0 Å². The molecule has 2 aromatic rings. The first kappa shape index (κ1) is 13.8. The second kappa shape index (κ2) is 6.05. The first-order valence-corrected chi connectivity index (χ1v) is 6.70. The minimum absolute atomic E-state index is 0.205. The normalized spacial score (nSPS) is 13.8. The molecule has 2 N–H and O–H groups in total. The molecular weight excluding hydrogens is 278 g/mol. The fourth-order valence-electron chi connectivity index (χ4n) is 2.29. The molecule has 0 fully saturated rings. The van der Waals surface area contributed by atoms with Gasteiger partial charge in [0.15, 0.2) is 0 Å². The van der Waals surface area contributed by atoms with Crippen molar-refractivity contribution in [2.75, 3.05) is 0 Å². The van der Waals surface area contributed by atoms with E-state index in [1.807, 2.05) is 36.4 Å². The Balaban J connectivity index is 2.30. The number of carbonyl (C=O) groups is 1. The van der Waals surface area contributed by atoms with E-state index in [1.165, 1.54) is 0 Å². The molecule has 108 valence electrons. The van der Waals surface area contributed by atoms with Crippen LogP contribution in [0.25, 0.3) is 23.1 Å². The molecule has 1 aliphatic rings. The lowest BCUT2D eigenvalue weighted by molar-refractivity contribution is 0.0698. The number of rotatable bonds is 1. The SMILES string of the molecule is O=C(O)c1c2c(cc3cn[nH]c13)C=CC=CC=CN=CC=C2. The van der Waals surface area contributed by atoms with Crippen molar-refractivity contribution in [3.63, 3.8) is 0 Å². The van der Waals surface area contributed by atoms with Gasteiger partial charge in [0.05, 0.1) is 17.3 Å². The molecule has 0 saturated heterocycles. The number of nitrogens with one attached hydrogen (secondary N) is 1. The predicted octanol–water partition coefficient (Wildman–Crippen LogP) is 3.44. The van der Waals surface area contributed by atoms with Gasteiger partial charge in [0.2, 0.25) is 0 Å². The van der Waals surface area contributed by atoms with E-state index in [9.17, 15) is 9.90 Å². The molecule has 1 aromatic carbocycles. The molecule has 2 heterocycles. The molecule has 0 unspecified atom stereocenters. The predicted molar refractivity (Wildman–Crippen MR) is 87.9 cm³/mol. The first-order chi connectivity index (χ1) is 10.8.